The van der Waals surface area contributed by atoms with Crippen molar-refractivity contribution >= 4 is 40.8 Å². The lowest BCUT2D eigenvalue weighted by Gasteiger charge is -2.13. The van der Waals surface area contributed by atoms with Gasteiger partial charge >= 0.3 is 0 Å². The quantitative estimate of drug-likeness (QED) is 0.227. The molecule has 1 aliphatic rings. The highest BCUT2D eigenvalue weighted by molar-refractivity contribution is 14.0. The number of rotatable bonds is 10. The Kier molecular flexibility index (Phi) is 10.7. The fourth-order valence-corrected chi connectivity index (χ4v) is 3.34. The average Bonchev–Trinajstić information content (AvgIpc) is 3.35. The SMILES string of the molecule is CCNC(=NCCCn1ccc2ccccc21)NCCOCC1CCCO1.I. The third-order valence-electron chi connectivity index (χ3n) is 4.72. The molecule has 3 rings (SSSR count). The molecule has 1 aliphatic heterocycles. The molecular formula is C21H33IN4O2. The van der Waals surface area contributed by atoms with Crippen molar-refractivity contribution < 1.29 is 9.47 Å². The highest BCUT2D eigenvalue weighted by atomic mass is 127. The molecule has 1 aromatic carbocycles. The first-order chi connectivity index (χ1) is 13.4. The van der Waals surface area contributed by atoms with Gasteiger partial charge in [-0.2, -0.15) is 0 Å². The number of guanidine groups is 1. The second-order valence-electron chi connectivity index (χ2n) is 6.82. The normalized spacial score (nSPS) is 16.9. The molecule has 6 nitrogen and oxygen atoms in total. The van der Waals surface area contributed by atoms with Crippen molar-refractivity contribution in [2.45, 2.75) is 38.8 Å². The van der Waals surface area contributed by atoms with Gasteiger partial charge in [0.2, 0.25) is 0 Å². The first kappa shape index (κ1) is 23.0. The van der Waals surface area contributed by atoms with Crippen LogP contribution in [0.2, 0.25) is 0 Å². The number of ether oxygens (including phenoxy) is 2. The Morgan fingerprint density at radius 1 is 1.29 bits per heavy atom. The zero-order chi connectivity index (χ0) is 18.7. The summed E-state index contributed by atoms with van der Waals surface area (Å²) < 4.78 is 13.5. The minimum atomic E-state index is 0. The van der Waals surface area contributed by atoms with Crippen molar-refractivity contribution in [1.29, 1.82) is 0 Å². The number of benzene rings is 1. The molecule has 2 aromatic rings. The Labute approximate surface area is 185 Å². The lowest BCUT2D eigenvalue weighted by molar-refractivity contribution is 0.0191. The minimum absolute atomic E-state index is 0. The maximum Gasteiger partial charge on any atom is 0.191 e. The van der Waals surface area contributed by atoms with Crippen LogP contribution in [0.4, 0.5) is 0 Å². The summed E-state index contributed by atoms with van der Waals surface area (Å²) in [6.07, 6.45) is 5.72. The fourth-order valence-electron chi connectivity index (χ4n) is 3.34. The third-order valence-corrected chi connectivity index (χ3v) is 4.72. The van der Waals surface area contributed by atoms with Gasteiger partial charge in [0.05, 0.1) is 19.3 Å². The zero-order valence-corrected chi connectivity index (χ0v) is 19.1. The van der Waals surface area contributed by atoms with Crippen molar-refractivity contribution in [3.05, 3.63) is 36.5 Å². The highest BCUT2D eigenvalue weighted by Gasteiger charge is 2.14. The number of hydrogen-bond acceptors (Lipinski definition) is 3. The van der Waals surface area contributed by atoms with Crippen LogP contribution in [-0.4, -0.2) is 56.1 Å². The second-order valence-corrected chi connectivity index (χ2v) is 6.82. The van der Waals surface area contributed by atoms with Gasteiger partial charge in [-0.3, -0.25) is 4.99 Å². The van der Waals surface area contributed by atoms with Gasteiger partial charge in [0, 0.05) is 44.5 Å². The van der Waals surface area contributed by atoms with Crippen LogP contribution in [0.25, 0.3) is 10.9 Å². The van der Waals surface area contributed by atoms with Gasteiger partial charge in [0.1, 0.15) is 0 Å². The van der Waals surface area contributed by atoms with Crippen molar-refractivity contribution in [3.63, 3.8) is 0 Å². The van der Waals surface area contributed by atoms with E-state index in [9.17, 15) is 0 Å². The summed E-state index contributed by atoms with van der Waals surface area (Å²) in [5.74, 6) is 0.857. The summed E-state index contributed by atoms with van der Waals surface area (Å²) in [6.45, 7) is 7.68. The van der Waals surface area contributed by atoms with E-state index in [2.05, 4.69) is 63.6 Å². The van der Waals surface area contributed by atoms with E-state index < -0.39 is 0 Å². The van der Waals surface area contributed by atoms with Crippen LogP contribution in [0.15, 0.2) is 41.5 Å². The molecule has 1 atom stereocenters. The van der Waals surface area contributed by atoms with Crippen LogP contribution in [-0.2, 0) is 16.0 Å². The van der Waals surface area contributed by atoms with Crippen LogP contribution in [0.5, 0.6) is 0 Å². The summed E-state index contributed by atoms with van der Waals surface area (Å²) in [5, 5.41) is 7.92. The molecule has 1 saturated heterocycles. The first-order valence-corrected chi connectivity index (χ1v) is 10.1. The van der Waals surface area contributed by atoms with E-state index in [1.165, 1.54) is 10.9 Å². The molecule has 0 amide bonds. The molecule has 1 unspecified atom stereocenters. The maximum atomic E-state index is 5.69. The van der Waals surface area contributed by atoms with Gasteiger partial charge in [0.15, 0.2) is 5.96 Å². The number of hydrogen-bond donors (Lipinski definition) is 2. The van der Waals surface area contributed by atoms with Crippen LogP contribution in [0, 0.1) is 0 Å². The van der Waals surface area contributed by atoms with Crippen LogP contribution >= 0.6 is 24.0 Å². The Bertz CT molecular complexity index is 713. The maximum absolute atomic E-state index is 5.69. The van der Waals surface area contributed by atoms with Crippen LogP contribution in [0.3, 0.4) is 0 Å². The van der Waals surface area contributed by atoms with E-state index in [0.29, 0.717) is 13.2 Å². The number of nitrogens with zero attached hydrogens (tertiary/aromatic N) is 2. The number of fused-ring (bicyclic) bond motifs is 1. The van der Waals surface area contributed by atoms with Gasteiger partial charge in [-0.05, 0) is 43.7 Å². The smallest absolute Gasteiger partial charge is 0.191 e. The van der Waals surface area contributed by atoms with Gasteiger partial charge in [-0.25, -0.2) is 0 Å². The first-order valence-electron chi connectivity index (χ1n) is 10.1. The molecule has 2 N–H and O–H groups in total. The molecule has 1 fully saturated rings. The molecule has 1 aromatic heterocycles. The van der Waals surface area contributed by atoms with Crippen molar-refractivity contribution in [1.82, 2.24) is 15.2 Å². The van der Waals surface area contributed by atoms with Gasteiger partial charge in [-0.1, -0.05) is 18.2 Å². The van der Waals surface area contributed by atoms with Crippen molar-refractivity contribution in [2.24, 2.45) is 4.99 Å². The van der Waals surface area contributed by atoms with E-state index in [-0.39, 0.29) is 30.1 Å². The Balaban J connectivity index is 0.00000280. The topological polar surface area (TPSA) is 59.8 Å². The highest BCUT2D eigenvalue weighted by Crippen LogP contribution is 2.15. The summed E-state index contributed by atoms with van der Waals surface area (Å²) in [6, 6.07) is 10.7. The van der Waals surface area contributed by atoms with Crippen LogP contribution in [0.1, 0.15) is 26.2 Å². The Morgan fingerprint density at radius 3 is 3.00 bits per heavy atom. The lowest BCUT2D eigenvalue weighted by atomic mass is 10.2. The summed E-state index contributed by atoms with van der Waals surface area (Å²) in [7, 11) is 0. The summed E-state index contributed by atoms with van der Waals surface area (Å²) in [5.41, 5.74) is 1.29. The lowest BCUT2D eigenvalue weighted by Crippen LogP contribution is -2.39. The summed E-state index contributed by atoms with van der Waals surface area (Å²) >= 11 is 0. The number of aryl methyl sites for hydroxylation is 1. The van der Waals surface area contributed by atoms with Gasteiger partial charge in [-0.15, -0.1) is 24.0 Å². The molecule has 2 heterocycles. The molecule has 0 saturated carbocycles. The van der Waals surface area contributed by atoms with Crippen molar-refractivity contribution in [2.75, 3.05) is 39.5 Å². The van der Waals surface area contributed by atoms with E-state index in [1.807, 2.05) is 0 Å². The minimum Gasteiger partial charge on any atom is -0.377 e. The number of para-hydroxylation sites is 1. The molecule has 28 heavy (non-hydrogen) atoms. The average molecular weight is 500 g/mol. The number of halogens is 1. The number of aromatic nitrogens is 1. The molecule has 7 heteroatoms. The molecule has 156 valence electrons. The largest absolute Gasteiger partial charge is 0.377 e. The molecule has 0 aliphatic carbocycles. The number of aliphatic imine (C=N–C) groups is 1. The Hall–Kier alpha value is -1.32. The number of nitrogens with one attached hydrogen (secondary N) is 2. The molecule has 0 bridgehead atoms. The van der Waals surface area contributed by atoms with E-state index in [4.69, 9.17) is 9.47 Å². The predicted octanol–water partition coefficient (Wildman–Crippen LogP) is 3.40. The van der Waals surface area contributed by atoms with Crippen molar-refractivity contribution in [3.8, 4) is 0 Å². The molecular weight excluding hydrogens is 467 g/mol. The predicted molar refractivity (Wildman–Crippen MR) is 126 cm³/mol. The monoisotopic (exact) mass is 500 g/mol. The van der Waals surface area contributed by atoms with Gasteiger partial charge in [0.25, 0.3) is 0 Å². The zero-order valence-electron chi connectivity index (χ0n) is 16.7. The van der Waals surface area contributed by atoms with E-state index in [1.54, 1.807) is 0 Å². The van der Waals surface area contributed by atoms with Crippen LogP contribution < -0.4 is 10.6 Å². The Morgan fingerprint density at radius 2 is 2.18 bits per heavy atom. The fraction of sp³-hybridized carbons (Fsp3) is 0.571. The van der Waals surface area contributed by atoms with Gasteiger partial charge < -0.3 is 24.7 Å². The van der Waals surface area contributed by atoms with E-state index >= 15 is 0 Å². The standard InChI is InChI=1S/C21H32N4O2.HI/c1-2-22-21(24-12-16-26-17-19-8-5-15-27-19)23-11-6-13-25-14-10-18-7-3-4-9-20(18)25;/h3-4,7,9-10,14,19H,2,5-6,8,11-13,15-17H2,1H3,(H2,22,23,24);1H. The third kappa shape index (κ3) is 7.25. The molecule has 0 radical (unpaired) electrons. The van der Waals surface area contributed by atoms with E-state index in [0.717, 1.165) is 58.0 Å². The summed E-state index contributed by atoms with van der Waals surface area (Å²) in [4.78, 5) is 4.67. The second kappa shape index (κ2) is 13.0. The molecule has 0 spiro atoms.